The van der Waals surface area contributed by atoms with E-state index in [0.717, 1.165) is 58.0 Å². The molecule has 30 heavy (non-hydrogen) atoms. The number of epoxide rings is 1. The molecule has 6 nitrogen and oxygen atoms in total. The number of piperazine rings is 1. The zero-order valence-electron chi connectivity index (χ0n) is 18.0. The molecule has 0 bridgehead atoms. The number of nitrogens with zero attached hydrogens (tertiary/aromatic N) is 3. The average molecular weight is 412 g/mol. The Kier molecular flexibility index (Phi) is 4.40. The lowest BCUT2D eigenvalue weighted by atomic mass is 9.53. The molecular formula is C24H33N3O3. The van der Waals surface area contributed by atoms with Crippen molar-refractivity contribution in [1.29, 1.82) is 0 Å². The van der Waals surface area contributed by atoms with E-state index < -0.39 is 0 Å². The van der Waals surface area contributed by atoms with Gasteiger partial charge in [0.05, 0.1) is 18.1 Å². The average Bonchev–Trinajstić information content (AvgIpc) is 3.46. The highest BCUT2D eigenvalue weighted by Gasteiger charge is 2.65. The molecule has 0 radical (unpaired) electrons. The third-order valence-electron chi connectivity index (χ3n) is 8.88. The maximum Gasteiger partial charge on any atom is 0.310 e. The van der Waals surface area contributed by atoms with Crippen LogP contribution in [0.4, 0.5) is 5.82 Å². The van der Waals surface area contributed by atoms with Crippen molar-refractivity contribution in [2.24, 2.45) is 23.2 Å². The van der Waals surface area contributed by atoms with E-state index >= 15 is 0 Å². The Morgan fingerprint density at radius 3 is 2.77 bits per heavy atom. The fourth-order valence-corrected chi connectivity index (χ4v) is 7.14. The highest BCUT2D eigenvalue weighted by molar-refractivity contribution is 5.75. The van der Waals surface area contributed by atoms with E-state index in [2.05, 4.69) is 27.8 Å². The molecule has 6 heteroatoms. The van der Waals surface area contributed by atoms with Crippen LogP contribution in [-0.4, -0.2) is 66.9 Å². The quantitative estimate of drug-likeness (QED) is 0.563. The van der Waals surface area contributed by atoms with Gasteiger partial charge in [-0.2, -0.15) is 0 Å². The molecule has 2 saturated carbocycles. The lowest BCUT2D eigenvalue weighted by Gasteiger charge is -2.51. The topological polar surface area (TPSA) is 58.2 Å². The molecule has 0 N–H and O–H groups in total. The van der Waals surface area contributed by atoms with Crippen molar-refractivity contribution in [2.45, 2.75) is 50.7 Å². The summed E-state index contributed by atoms with van der Waals surface area (Å²) in [5.74, 6) is 2.08. The van der Waals surface area contributed by atoms with Gasteiger partial charge in [-0.05, 0) is 55.6 Å². The largest absolute Gasteiger partial charge is 0.462 e. The van der Waals surface area contributed by atoms with E-state index in [1.807, 2.05) is 18.3 Å². The minimum atomic E-state index is 0.0266. The molecule has 3 aliphatic heterocycles. The number of anilines is 1. The number of esters is 1. The van der Waals surface area contributed by atoms with Crippen LogP contribution in [0, 0.1) is 23.2 Å². The normalized spacial score (nSPS) is 43.2. The SMILES string of the molecule is C[C@]12CCC[C@]3(CO3)[C@H]1C[C@@H]1[C@@H](C2)OC(=O)[C@@H]1CN1CCN(c2ccccn2)CC1. The summed E-state index contributed by atoms with van der Waals surface area (Å²) in [5, 5.41) is 0. The maximum absolute atomic E-state index is 12.9. The van der Waals surface area contributed by atoms with E-state index in [4.69, 9.17) is 9.47 Å². The van der Waals surface area contributed by atoms with Crippen molar-refractivity contribution >= 4 is 11.8 Å². The molecule has 5 aliphatic rings. The van der Waals surface area contributed by atoms with Crippen LogP contribution in [0.15, 0.2) is 24.4 Å². The number of pyridine rings is 1. The van der Waals surface area contributed by atoms with Crippen LogP contribution in [0.2, 0.25) is 0 Å². The van der Waals surface area contributed by atoms with E-state index in [0.29, 0.717) is 11.8 Å². The third-order valence-corrected chi connectivity index (χ3v) is 8.88. The molecule has 6 atom stereocenters. The maximum atomic E-state index is 12.9. The molecule has 0 unspecified atom stereocenters. The second kappa shape index (κ2) is 6.92. The van der Waals surface area contributed by atoms with E-state index in [9.17, 15) is 4.79 Å². The summed E-state index contributed by atoms with van der Waals surface area (Å²) in [7, 11) is 0. The van der Waals surface area contributed by atoms with Gasteiger partial charge >= 0.3 is 5.97 Å². The molecule has 0 amide bonds. The van der Waals surface area contributed by atoms with E-state index in [-0.39, 0.29) is 29.0 Å². The van der Waals surface area contributed by atoms with Gasteiger partial charge in [0.25, 0.3) is 0 Å². The number of fused-ring (bicyclic) bond motifs is 3. The molecule has 5 fully saturated rings. The fourth-order valence-electron chi connectivity index (χ4n) is 7.14. The molecule has 2 aliphatic carbocycles. The van der Waals surface area contributed by atoms with Gasteiger partial charge in [0.2, 0.25) is 0 Å². The summed E-state index contributed by atoms with van der Waals surface area (Å²) in [4.78, 5) is 22.2. The first-order chi connectivity index (χ1) is 14.6. The Labute approximate surface area is 178 Å². The van der Waals surface area contributed by atoms with Crippen LogP contribution < -0.4 is 4.90 Å². The van der Waals surface area contributed by atoms with Gasteiger partial charge in [0.1, 0.15) is 11.9 Å². The van der Waals surface area contributed by atoms with Crippen molar-refractivity contribution in [1.82, 2.24) is 9.88 Å². The van der Waals surface area contributed by atoms with Crippen LogP contribution in [0.25, 0.3) is 0 Å². The Hall–Kier alpha value is -1.66. The molecule has 1 aromatic rings. The van der Waals surface area contributed by atoms with Crippen molar-refractivity contribution < 1.29 is 14.3 Å². The smallest absolute Gasteiger partial charge is 0.310 e. The lowest BCUT2D eigenvalue weighted by Crippen LogP contribution is -2.52. The first kappa shape index (κ1) is 19.1. The summed E-state index contributed by atoms with van der Waals surface area (Å²) in [6.07, 6.45) is 7.82. The fraction of sp³-hybridized carbons (Fsp3) is 0.750. The summed E-state index contributed by atoms with van der Waals surface area (Å²) in [6, 6.07) is 6.08. The third kappa shape index (κ3) is 3.06. The van der Waals surface area contributed by atoms with Crippen LogP contribution in [0.5, 0.6) is 0 Å². The Morgan fingerprint density at radius 2 is 2.03 bits per heavy atom. The second-order valence-corrected chi connectivity index (χ2v) is 10.6. The number of rotatable bonds is 3. The first-order valence-electron chi connectivity index (χ1n) is 11.8. The van der Waals surface area contributed by atoms with Crippen LogP contribution in [-0.2, 0) is 14.3 Å². The zero-order valence-corrected chi connectivity index (χ0v) is 18.0. The lowest BCUT2D eigenvalue weighted by molar-refractivity contribution is -0.147. The van der Waals surface area contributed by atoms with Crippen molar-refractivity contribution in [3.05, 3.63) is 24.4 Å². The van der Waals surface area contributed by atoms with Gasteiger partial charge in [0.15, 0.2) is 0 Å². The van der Waals surface area contributed by atoms with Crippen molar-refractivity contribution in [3.8, 4) is 0 Å². The summed E-state index contributed by atoms with van der Waals surface area (Å²) >= 11 is 0. The number of carbonyl (C=O) groups is 1. The summed E-state index contributed by atoms with van der Waals surface area (Å²) in [6.45, 7) is 8.08. The van der Waals surface area contributed by atoms with Crippen molar-refractivity contribution in [3.63, 3.8) is 0 Å². The minimum absolute atomic E-state index is 0.0266. The van der Waals surface area contributed by atoms with Gasteiger partial charge in [-0.15, -0.1) is 0 Å². The highest BCUT2D eigenvalue weighted by Crippen LogP contribution is 2.62. The highest BCUT2D eigenvalue weighted by atomic mass is 16.6. The standard InChI is InChI=1S/C24H33N3O3/c1-23-6-4-7-24(16-29-24)20(23)13-17-18(22(28)30-19(17)14-23)15-26-9-11-27(12-10-26)21-5-2-3-8-25-21/h2-3,5,8,17-20H,4,6-7,9-16H2,1H3/t17-,18+,19+,20-,23+,24-/m0/s1. The monoisotopic (exact) mass is 411 g/mol. The predicted molar refractivity (Wildman–Crippen MR) is 113 cm³/mol. The molecule has 0 aromatic carbocycles. The van der Waals surface area contributed by atoms with Gasteiger partial charge in [-0.1, -0.05) is 13.0 Å². The van der Waals surface area contributed by atoms with E-state index in [1.54, 1.807) is 0 Å². The molecule has 4 heterocycles. The second-order valence-electron chi connectivity index (χ2n) is 10.6. The molecule has 1 spiro atoms. The summed E-state index contributed by atoms with van der Waals surface area (Å²) < 4.78 is 12.0. The van der Waals surface area contributed by atoms with Gasteiger partial charge < -0.3 is 14.4 Å². The predicted octanol–water partition coefficient (Wildman–Crippen LogP) is 2.73. The Bertz CT molecular complexity index is 805. The number of hydrogen-bond donors (Lipinski definition) is 0. The van der Waals surface area contributed by atoms with Crippen LogP contribution >= 0.6 is 0 Å². The Balaban J connectivity index is 1.12. The Morgan fingerprint density at radius 1 is 1.20 bits per heavy atom. The molecule has 1 aromatic heterocycles. The minimum Gasteiger partial charge on any atom is -0.462 e. The number of hydrogen-bond acceptors (Lipinski definition) is 6. The van der Waals surface area contributed by atoms with Gasteiger partial charge in [0, 0.05) is 44.8 Å². The van der Waals surface area contributed by atoms with Crippen LogP contribution in [0.3, 0.4) is 0 Å². The molecule has 3 saturated heterocycles. The number of ether oxygens (including phenoxy) is 2. The molecular weight excluding hydrogens is 378 g/mol. The van der Waals surface area contributed by atoms with Gasteiger partial charge in [-0.25, -0.2) is 4.98 Å². The summed E-state index contributed by atoms with van der Waals surface area (Å²) in [5.41, 5.74) is 0.405. The number of carbonyl (C=O) groups excluding carboxylic acids is 1. The van der Waals surface area contributed by atoms with Crippen LogP contribution in [0.1, 0.15) is 39.0 Å². The number of aromatic nitrogens is 1. The van der Waals surface area contributed by atoms with E-state index in [1.165, 1.54) is 19.3 Å². The van der Waals surface area contributed by atoms with Crippen molar-refractivity contribution in [2.75, 3.05) is 44.2 Å². The van der Waals surface area contributed by atoms with Gasteiger partial charge in [-0.3, -0.25) is 9.69 Å². The zero-order chi connectivity index (χ0) is 20.3. The first-order valence-corrected chi connectivity index (χ1v) is 11.8. The molecule has 6 rings (SSSR count). The molecule has 162 valence electrons.